The first-order chi connectivity index (χ1) is 11.3. The van der Waals surface area contributed by atoms with E-state index in [0.717, 1.165) is 19.3 Å². The summed E-state index contributed by atoms with van der Waals surface area (Å²) in [6.07, 6.45) is 6.29. The Morgan fingerprint density at radius 3 is 2.96 bits per heavy atom. The average molecular weight is 311 g/mol. The zero-order valence-electron chi connectivity index (χ0n) is 13.0. The van der Waals surface area contributed by atoms with Gasteiger partial charge in [-0.3, -0.25) is 4.98 Å². The first-order valence-electron chi connectivity index (χ1n) is 7.96. The molecule has 0 radical (unpaired) electrons. The van der Waals surface area contributed by atoms with Gasteiger partial charge in [-0.15, -0.1) is 0 Å². The van der Waals surface area contributed by atoms with Gasteiger partial charge < -0.3 is 15.3 Å². The van der Waals surface area contributed by atoms with Gasteiger partial charge in [0.15, 0.2) is 0 Å². The van der Waals surface area contributed by atoms with E-state index in [1.54, 1.807) is 29.4 Å². The Morgan fingerprint density at radius 2 is 2.17 bits per heavy atom. The fraction of sp³-hybridized carbons (Fsp3) is 0.333. The van der Waals surface area contributed by atoms with Crippen molar-refractivity contribution in [1.82, 2.24) is 9.88 Å². The summed E-state index contributed by atoms with van der Waals surface area (Å²) in [7, 11) is 0. The van der Waals surface area contributed by atoms with E-state index in [1.165, 1.54) is 11.1 Å². The molecule has 2 amide bonds. The number of amides is 2. The molecule has 1 atom stereocenters. The Balaban J connectivity index is 1.83. The lowest BCUT2D eigenvalue weighted by Crippen LogP contribution is -2.41. The highest BCUT2D eigenvalue weighted by atomic mass is 16.3. The average Bonchev–Trinajstić information content (AvgIpc) is 2.60. The summed E-state index contributed by atoms with van der Waals surface area (Å²) >= 11 is 0. The van der Waals surface area contributed by atoms with Gasteiger partial charge in [0.2, 0.25) is 0 Å². The summed E-state index contributed by atoms with van der Waals surface area (Å²) in [6, 6.07) is 11.6. The maximum absolute atomic E-state index is 12.7. The summed E-state index contributed by atoms with van der Waals surface area (Å²) < 4.78 is 0. The number of nitrogens with one attached hydrogen (secondary N) is 1. The fourth-order valence-corrected chi connectivity index (χ4v) is 3.19. The van der Waals surface area contributed by atoms with Crippen LogP contribution in [-0.2, 0) is 6.42 Å². The molecule has 1 heterocycles. The molecule has 5 nitrogen and oxygen atoms in total. The molecule has 0 saturated heterocycles. The number of hydrogen-bond acceptors (Lipinski definition) is 3. The standard InChI is InChI=1S/C18H21N3O2/c22-12-11-21(18(23)20-15-7-4-10-19-13-15)17-9-3-6-14-5-1-2-8-16(14)17/h1-2,4-5,7-8,10,13,17,22H,3,6,9,11-12H2,(H,20,23). The van der Waals surface area contributed by atoms with Gasteiger partial charge in [0, 0.05) is 12.7 Å². The number of aryl methyl sites for hydroxylation is 1. The number of urea groups is 1. The van der Waals surface area contributed by atoms with Crippen molar-refractivity contribution in [1.29, 1.82) is 0 Å². The summed E-state index contributed by atoms with van der Waals surface area (Å²) in [4.78, 5) is 18.4. The van der Waals surface area contributed by atoms with Crippen molar-refractivity contribution in [2.24, 2.45) is 0 Å². The van der Waals surface area contributed by atoms with Crippen molar-refractivity contribution >= 4 is 11.7 Å². The van der Waals surface area contributed by atoms with Crippen LogP contribution in [0.4, 0.5) is 10.5 Å². The second-order valence-corrected chi connectivity index (χ2v) is 5.70. The van der Waals surface area contributed by atoms with Crippen LogP contribution in [0.15, 0.2) is 48.8 Å². The molecular formula is C18H21N3O2. The quantitative estimate of drug-likeness (QED) is 0.912. The van der Waals surface area contributed by atoms with Gasteiger partial charge >= 0.3 is 6.03 Å². The van der Waals surface area contributed by atoms with Gasteiger partial charge in [0.25, 0.3) is 0 Å². The number of nitrogens with zero attached hydrogens (tertiary/aromatic N) is 2. The molecule has 0 aliphatic heterocycles. The largest absolute Gasteiger partial charge is 0.395 e. The van der Waals surface area contributed by atoms with Crippen LogP contribution in [0.3, 0.4) is 0 Å². The zero-order chi connectivity index (χ0) is 16.1. The zero-order valence-corrected chi connectivity index (χ0v) is 13.0. The normalized spacial score (nSPS) is 16.5. The second kappa shape index (κ2) is 7.24. The van der Waals surface area contributed by atoms with Crippen molar-refractivity contribution < 1.29 is 9.90 Å². The summed E-state index contributed by atoms with van der Waals surface area (Å²) in [6.45, 7) is 0.254. The molecule has 0 fully saturated rings. The number of carbonyl (C=O) groups is 1. The summed E-state index contributed by atoms with van der Waals surface area (Å²) in [5.41, 5.74) is 3.14. The molecule has 1 aliphatic rings. The van der Waals surface area contributed by atoms with E-state index in [2.05, 4.69) is 22.4 Å². The molecule has 3 rings (SSSR count). The van der Waals surface area contributed by atoms with E-state index >= 15 is 0 Å². The Labute approximate surface area is 136 Å². The van der Waals surface area contributed by atoms with Crippen LogP contribution in [0.25, 0.3) is 0 Å². The van der Waals surface area contributed by atoms with Gasteiger partial charge in [-0.05, 0) is 42.5 Å². The first kappa shape index (κ1) is 15.5. The number of anilines is 1. The molecule has 2 aromatic rings. The molecule has 1 unspecified atom stereocenters. The minimum Gasteiger partial charge on any atom is -0.395 e. The van der Waals surface area contributed by atoms with Crippen molar-refractivity contribution in [3.63, 3.8) is 0 Å². The van der Waals surface area contributed by atoms with Crippen LogP contribution in [0.2, 0.25) is 0 Å². The maximum atomic E-state index is 12.7. The Bertz CT molecular complexity index is 660. The van der Waals surface area contributed by atoms with E-state index in [0.29, 0.717) is 12.2 Å². The fourth-order valence-electron chi connectivity index (χ4n) is 3.19. The Hall–Kier alpha value is -2.40. The molecule has 0 spiro atoms. The smallest absolute Gasteiger partial charge is 0.322 e. The number of aromatic nitrogens is 1. The lowest BCUT2D eigenvalue weighted by molar-refractivity contribution is 0.155. The molecular weight excluding hydrogens is 290 g/mol. The van der Waals surface area contributed by atoms with Crippen molar-refractivity contribution in [3.05, 3.63) is 59.9 Å². The highest BCUT2D eigenvalue weighted by Gasteiger charge is 2.28. The Morgan fingerprint density at radius 1 is 1.30 bits per heavy atom. The molecule has 1 aliphatic carbocycles. The first-order valence-corrected chi connectivity index (χ1v) is 7.96. The van der Waals surface area contributed by atoms with Crippen LogP contribution in [0.1, 0.15) is 30.0 Å². The van der Waals surface area contributed by atoms with Crippen LogP contribution < -0.4 is 5.32 Å². The summed E-state index contributed by atoms with van der Waals surface area (Å²) in [5.74, 6) is 0. The van der Waals surface area contributed by atoms with Crippen LogP contribution in [-0.4, -0.2) is 34.2 Å². The molecule has 5 heteroatoms. The van der Waals surface area contributed by atoms with E-state index in [4.69, 9.17) is 0 Å². The van der Waals surface area contributed by atoms with E-state index in [9.17, 15) is 9.90 Å². The maximum Gasteiger partial charge on any atom is 0.322 e. The van der Waals surface area contributed by atoms with Crippen LogP contribution in [0.5, 0.6) is 0 Å². The summed E-state index contributed by atoms with van der Waals surface area (Å²) in [5, 5.41) is 12.3. The number of pyridine rings is 1. The topological polar surface area (TPSA) is 65.5 Å². The van der Waals surface area contributed by atoms with Crippen molar-refractivity contribution in [2.75, 3.05) is 18.5 Å². The van der Waals surface area contributed by atoms with Gasteiger partial charge in [-0.25, -0.2) is 4.79 Å². The lowest BCUT2D eigenvalue weighted by Gasteiger charge is -2.35. The molecule has 120 valence electrons. The molecule has 0 saturated carbocycles. The van der Waals surface area contributed by atoms with Gasteiger partial charge in [-0.2, -0.15) is 0 Å². The lowest BCUT2D eigenvalue weighted by atomic mass is 9.87. The monoisotopic (exact) mass is 311 g/mol. The van der Waals surface area contributed by atoms with Crippen molar-refractivity contribution in [3.8, 4) is 0 Å². The van der Waals surface area contributed by atoms with Crippen LogP contribution >= 0.6 is 0 Å². The van der Waals surface area contributed by atoms with E-state index in [-0.39, 0.29) is 18.7 Å². The SMILES string of the molecule is O=C(Nc1cccnc1)N(CCO)C1CCCc2ccccc21. The van der Waals surface area contributed by atoms with E-state index < -0.39 is 0 Å². The second-order valence-electron chi connectivity index (χ2n) is 5.70. The molecule has 2 N–H and O–H groups in total. The molecule has 1 aromatic heterocycles. The number of hydrogen-bond donors (Lipinski definition) is 2. The van der Waals surface area contributed by atoms with Gasteiger partial charge in [-0.1, -0.05) is 24.3 Å². The number of rotatable bonds is 4. The predicted octanol–water partition coefficient (Wildman–Crippen LogP) is 2.99. The third-order valence-electron chi connectivity index (χ3n) is 4.23. The highest BCUT2D eigenvalue weighted by molar-refractivity contribution is 5.89. The third-order valence-corrected chi connectivity index (χ3v) is 4.23. The minimum atomic E-state index is -0.200. The van der Waals surface area contributed by atoms with E-state index in [1.807, 2.05) is 12.1 Å². The molecule has 0 bridgehead atoms. The minimum absolute atomic E-state index is 0.00349. The Kier molecular flexibility index (Phi) is 4.88. The van der Waals surface area contributed by atoms with Gasteiger partial charge in [0.05, 0.1) is 24.5 Å². The molecule has 23 heavy (non-hydrogen) atoms. The number of fused-ring (bicyclic) bond motifs is 1. The number of benzene rings is 1. The highest BCUT2D eigenvalue weighted by Crippen LogP contribution is 2.34. The third kappa shape index (κ3) is 3.51. The van der Waals surface area contributed by atoms with Crippen molar-refractivity contribution in [2.45, 2.75) is 25.3 Å². The number of carbonyl (C=O) groups excluding carboxylic acids is 1. The predicted molar refractivity (Wildman–Crippen MR) is 89.2 cm³/mol. The van der Waals surface area contributed by atoms with Crippen LogP contribution in [0, 0.1) is 0 Å². The van der Waals surface area contributed by atoms with Gasteiger partial charge in [0.1, 0.15) is 0 Å². The molecule has 1 aromatic carbocycles. The number of aliphatic hydroxyl groups excluding tert-OH is 1. The number of aliphatic hydroxyl groups is 1.